The Morgan fingerprint density at radius 3 is 2.32 bits per heavy atom. The molecule has 3 heterocycles. The maximum absolute atomic E-state index is 9.40. The standard InChI is InChI=1S/C18H15BrN4O2/c19-16-7-6-15(24-16)17-21-14(12-20)18(25-17)23-10-8-22(9-11-23)13-4-2-1-3-5-13/h1-7H,8-11H2. The zero-order chi connectivity index (χ0) is 17.2. The van der Waals surface area contributed by atoms with E-state index in [0.717, 1.165) is 26.2 Å². The molecule has 25 heavy (non-hydrogen) atoms. The summed E-state index contributed by atoms with van der Waals surface area (Å²) in [6.07, 6.45) is 0. The number of nitrogens with zero attached hydrogens (tertiary/aromatic N) is 4. The summed E-state index contributed by atoms with van der Waals surface area (Å²) < 4.78 is 11.9. The van der Waals surface area contributed by atoms with Crippen LogP contribution in [0.3, 0.4) is 0 Å². The van der Waals surface area contributed by atoms with E-state index in [0.29, 0.717) is 22.2 Å². The van der Waals surface area contributed by atoms with Gasteiger partial charge in [-0.2, -0.15) is 10.2 Å². The Kier molecular flexibility index (Phi) is 4.20. The third-order valence-corrected chi connectivity index (χ3v) is 4.61. The number of benzene rings is 1. The smallest absolute Gasteiger partial charge is 0.266 e. The molecule has 0 saturated carbocycles. The second-order valence-electron chi connectivity index (χ2n) is 5.70. The lowest BCUT2D eigenvalue weighted by Gasteiger charge is -2.35. The molecule has 2 aromatic heterocycles. The molecule has 1 fully saturated rings. The van der Waals surface area contributed by atoms with Crippen LogP contribution in [0.15, 0.2) is 56.0 Å². The van der Waals surface area contributed by atoms with Crippen molar-refractivity contribution >= 4 is 27.5 Å². The fourth-order valence-corrected chi connectivity index (χ4v) is 3.25. The van der Waals surface area contributed by atoms with Crippen molar-refractivity contribution in [3.63, 3.8) is 0 Å². The molecule has 0 amide bonds. The molecule has 0 atom stereocenters. The molecular formula is C18H15BrN4O2. The normalized spacial score (nSPS) is 14.6. The highest BCUT2D eigenvalue weighted by molar-refractivity contribution is 9.10. The summed E-state index contributed by atoms with van der Waals surface area (Å²) in [5.41, 5.74) is 1.50. The van der Waals surface area contributed by atoms with Gasteiger partial charge in [-0.15, -0.1) is 0 Å². The third kappa shape index (κ3) is 3.13. The van der Waals surface area contributed by atoms with Crippen LogP contribution >= 0.6 is 15.9 Å². The highest BCUT2D eigenvalue weighted by Crippen LogP contribution is 2.31. The summed E-state index contributed by atoms with van der Waals surface area (Å²) in [5.74, 6) is 1.33. The fraction of sp³-hybridized carbons (Fsp3) is 0.222. The fourth-order valence-electron chi connectivity index (χ4n) is 2.94. The second kappa shape index (κ2) is 6.65. The molecule has 1 saturated heterocycles. The van der Waals surface area contributed by atoms with Crippen molar-refractivity contribution in [2.45, 2.75) is 0 Å². The minimum Gasteiger partial charge on any atom is -0.444 e. The van der Waals surface area contributed by atoms with Gasteiger partial charge in [-0.3, -0.25) is 0 Å². The molecule has 0 unspecified atom stereocenters. The molecule has 0 N–H and O–H groups in total. The van der Waals surface area contributed by atoms with Gasteiger partial charge in [0.2, 0.25) is 11.6 Å². The lowest BCUT2D eigenvalue weighted by molar-refractivity contribution is 0.493. The first-order valence-corrected chi connectivity index (χ1v) is 8.75. The van der Waals surface area contributed by atoms with Gasteiger partial charge < -0.3 is 18.6 Å². The van der Waals surface area contributed by atoms with Gasteiger partial charge in [-0.1, -0.05) is 18.2 Å². The van der Waals surface area contributed by atoms with Crippen molar-refractivity contribution in [1.82, 2.24) is 4.98 Å². The minimum absolute atomic E-state index is 0.288. The van der Waals surface area contributed by atoms with Crippen LogP contribution in [0.1, 0.15) is 5.69 Å². The van der Waals surface area contributed by atoms with Gasteiger partial charge in [0.25, 0.3) is 5.89 Å². The summed E-state index contributed by atoms with van der Waals surface area (Å²) in [5, 5.41) is 9.40. The minimum atomic E-state index is 0.288. The van der Waals surface area contributed by atoms with E-state index in [1.807, 2.05) is 18.2 Å². The topological polar surface area (TPSA) is 69.4 Å². The number of hydrogen-bond acceptors (Lipinski definition) is 6. The molecular weight excluding hydrogens is 384 g/mol. The maximum atomic E-state index is 9.40. The van der Waals surface area contributed by atoms with Crippen LogP contribution in [0.5, 0.6) is 0 Å². The molecule has 6 nitrogen and oxygen atoms in total. The van der Waals surface area contributed by atoms with Gasteiger partial charge in [0.1, 0.15) is 6.07 Å². The van der Waals surface area contributed by atoms with Crippen molar-refractivity contribution in [3.05, 3.63) is 52.8 Å². The van der Waals surface area contributed by atoms with E-state index in [-0.39, 0.29) is 5.69 Å². The Morgan fingerprint density at radius 2 is 1.68 bits per heavy atom. The van der Waals surface area contributed by atoms with E-state index in [4.69, 9.17) is 8.83 Å². The van der Waals surface area contributed by atoms with E-state index in [1.165, 1.54) is 5.69 Å². The van der Waals surface area contributed by atoms with Crippen LogP contribution in [-0.2, 0) is 0 Å². The van der Waals surface area contributed by atoms with E-state index < -0.39 is 0 Å². The average molecular weight is 399 g/mol. The molecule has 126 valence electrons. The van der Waals surface area contributed by atoms with Gasteiger partial charge in [0.05, 0.1) is 0 Å². The largest absolute Gasteiger partial charge is 0.444 e. The number of piperazine rings is 1. The van der Waals surface area contributed by atoms with Crippen molar-refractivity contribution in [2.75, 3.05) is 36.0 Å². The second-order valence-corrected chi connectivity index (χ2v) is 6.48. The molecule has 7 heteroatoms. The number of rotatable bonds is 3. The summed E-state index contributed by atoms with van der Waals surface area (Å²) in [4.78, 5) is 8.65. The van der Waals surface area contributed by atoms with Crippen LogP contribution in [-0.4, -0.2) is 31.2 Å². The third-order valence-electron chi connectivity index (χ3n) is 4.19. The number of oxazole rings is 1. The average Bonchev–Trinajstić information content (AvgIpc) is 3.28. The first kappa shape index (κ1) is 15.8. The zero-order valence-corrected chi connectivity index (χ0v) is 14.9. The highest BCUT2D eigenvalue weighted by atomic mass is 79.9. The van der Waals surface area contributed by atoms with Gasteiger partial charge in [0, 0.05) is 31.9 Å². The summed E-state index contributed by atoms with van der Waals surface area (Å²) in [7, 11) is 0. The monoisotopic (exact) mass is 398 g/mol. The highest BCUT2D eigenvalue weighted by Gasteiger charge is 2.25. The molecule has 1 aliphatic heterocycles. The maximum Gasteiger partial charge on any atom is 0.266 e. The van der Waals surface area contributed by atoms with E-state index in [2.05, 4.69) is 48.9 Å². The molecule has 1 aromatic carbocycles. The van der Waals surface area contributed by atoms with Gasteiger partial charge >= 0.3 is 0 Å². The van der Waals surface area contributed by atoms with Gasteiger partial charge in [-0.25, -0.2) is 0 Å². The number of anilines is 2. The number of nitriles is 1. The molecule has 0 radical (unpaired) electrons. The Hall–Kier alpha value is -2.72. The molecule has 0 spiro atoms. The molecule has 1 aliphatic rings. The van der Waals surface area contributed by atoms with Crippen LogP contribution in [0.25, 0.3) is 11.7 Å². The number of para-hydroxylation sites is 1. The van der Waals surface area contributed by atoms with Crippen LogP contribution in [0.4, 0.5) is 11.6 Å². The quantitative estimate of drug-likeness (QED) is 0.666. The molecule has 3 aromatic rings. The predicted octanol–water partition coefficient (Wildman–Crippen LogP) is 3.90. The summed E-state index contributed by atoms with van der Waals surface area (Å²) in [6.45, 7) is 3.24. The number of furan rings is 1. The van der Waals surface area contributed by atoms with E-state index >= 15 is 0 Å². The van der Waals surface area contributed by atoms with Crippen LogP contribution in [0.2, 0.25) is 0 Å². The molecule has 4 rings (SSSR count). The number of aromatic nitrogens is 1. The van der Waals surface area contributed by atoms with Crippen molar-refractivity contribution in [2.24, 2.45) is 0 Å². The van der Waals surface area contributed by atoms with Crippen molar-refractivity contribution < 1.29 is 8.83 Å². The lowest BCUT2D eigenvalue weighted by atomic mass is 10.2. The Bertz CT molecular complexity index is 905. The molecule has 0 aliphatic carbocycles. The van der Waals surface area contributed by atoms with E-state index in [9.17, 15) is 5.26 Å². The Labute approximate surface area is 153 Å². The van der Waals surface area contributed by atoms with Crippen molar-refractivity contribution in [3.8, 4) is 17.7 Å². The van der Waals surface area contributed by atoms with Crippen LogP contribution in [0, 0.1) is 11.3 Å². The Balaban J connectivity index is 1.53. The first-order chi connectivity index (χ1) is 12.2. The van der Waals surface area contributed by atoms with E-state index in [1.54, 1.807) is 12.1 Å². The summed E-state index contributed by atoms with van der Waals surface area (Å²) >= 11 is 3.26. The predicted molar refractivity (Wildman–Crippen MR) is 97.5 cm³/mol. The van der Waals surface area contributed by atoms with Gasteiger partial charge in [0.15, 0.2) is 10.4 Å². The van der Waals surface area contributed by atoms with Crippen LogP contribution < -0.4 is 9.80 Å². The number of hydrogen-bond donors (Lipinski definition) is 0. The SMILES string of the molecule is N#Cc1nc(-c2ccc(Br)o2)oc1N1CCN(c2ccccc2)CC1. The summed E-state index contributed by atoms with van der Waals surface area (Å²) in [6, 6.07) is 16.0. The lowest BCUT2D eigenvalue weighted by Crippen LogP contribution is -2.46. The zero-order valence-electron chi connectivity index (χ0n) is 13.4. The Morgan fingerprint density at radius 1 is 0.960 bits per heavy atom. The number of halogens is 1. The van der Waals surface area contributed by atoms with Crippen molar-refractivity contribution in [1.29, 1.82) is 5.26 Å². The molecule has 0 bridgehead atoms. The van der Waals surface area contributed by atoms with Gasteiger partial charge in [-0.05, 0) is 40.2 Å². The first-order valence-electron chi connectivity index (χ1n) is 7.96.